The van der Waals surface area contributed by atoms with E-state index < -0.39 is 17.3 Å². The predicted molar refractivity (Wildman–Crippen MR) is 87.0 cm³/mol. The molecule has 2 heterocycles. The van der Waals surface area contributed by atoms with Gasteiger partial charge in [-0.3, -0.25) is 0 Å². The molecule has 5 nitrogen and oxygen atoms in total. The van der Waals surface area contributed by atoms with E-state index in [9.17, 15) is 9.18 Å². The summed E-state index contributed by atoms with van der Waals surface area (Å²) in [5.74, 6) is 0.901. The number of fused-ring (bicyclic) bond motifs is 1. The van der Waals surface area contributed by atoms with Gasteiger partial charge in [0.1, 0.15) is 0 Å². The number of ether oxygens (including phenoxy) is 1. The number of nitrogens with zero attached hydrogens (tertiary/aromatic N) is 2. The summed E-state index contributed by atoms with van der Waals surface area (Å²) in [6, 6.07) is 4.63. The van der Waals surface area contributed by atoms with Crippen molar-refractivity contribution in [2.75, 3.05) is 20.3 Å². The van der Waals surface area contributed by atoms with E-state index in [2.05, 4.69) is 21.2 Å². The summed E-state index contributed by atoms with van der Waals surface area (Å²) in [5, 5.41) is 12.1. The van der Waals surface area contributed by atoms with Gasteiger partial charge in [0.2, 0.25) is 0 Å². The molecule has 8 heteroatoms. The van der Waals surface area contributed by atoms with E-state index >= 15 is 0 Å². The Kier molecular flexibility index (Phi) is 4.26. The molecule has 0 radical (unpaired) electrons. The summed E-state index contributed by atoms with van der Waals surface area (Å²) in [7, 11) is 1.61. The zero-order valence-electron chi connectivity index (χ0n) is 12.5. The van der Waals surface area contributed by atoms with Crippen molar-refractivity contribution in [1.82, 2.24) is 10.2 Å². The Hall–Kier alpha value is -1.72. The van der Waals surface area contributed by atoms with Gasteiger partial charge in [0.25, 0.3) is 0 Å². The van der Waals surface area contributed by atoms with Gasteiger partial charge in [-0.25, -0.2) is 0 Å². The van der Waals surface area contributed by atoms with Crippen LogP contribution in [-0.2, 0) is 15.1 Å². The average molecular weight is 378 g/mol. The van der Waals surface area contributed by atoms with E-state index in [4.69, 9.17) is 10.00 Å². The van der Waals surface area contributed by atoms with Crippen LogP contribution >= 0.6 is 15.9 Å². The molecule has 3 rings (SSSR count). The molecule has 0 aromatic heterocycles. The first-order valence-electron chi connectivity index (χ1n) is 7.18. The number of hydrogen-bond donors (Lipinski definition) is 1. The molecule has 0 spiro atoms. The Bertz CT molecular complexity index is 736. The number of amides is 1. The molecule has 1 N–H and O–H groups in total. The molecule has 1 aromatic rings. The summed E-state index contributed by atoms with van der Waals surface area (Å²) < 4.78 is 20.8. The summed E-state index contributed by atoms with van der Waals surface area (Å²) in [4.78, 5) is 14.2. The molecule has 2 fully saturated rings. The fraction of sp³-hybridized carbons (Fsp3) is 0.400. The zero-order valence-corrected chi connectivity index (χ0v) is 14.1. The number of carbonyl (C=O) groups excluding carboxylic acids is 1. The van der Waals surface area contributed by atoms with Crippen molar-refractivity contribution < 1.29 is 13.9 Å². The fourth-order valence-corrected chi connectivity index (χ4v) is 3.63. The van der Waals surface area contributed by atoms with Gasteiger partial charge >= 0.3 is 142 Å². The monoisotopic (exact) mass is 377 g/mol. The van der Waals surface area contributed by atoms with Crippen molar-refractivity contribution in [2.24, 2.45) is 5.92 Å². The summed E-state index contributed by atoms with van der Waals surface area (Å²) in [6.07, 6.45) is 0.488. The maximum absolute atomic E-state index is 14.5. The normalized spacial score (nSPS) is 28.6. The van der Waals surface area contributed by atoms with Crippen molar-refractivity contribution >= 4 is 34.5 Å². The topological polar surface area (TPSA) is 65.4 Å². The Balaban J connectivity index is 2.18. The molecular weight excluding hydrogens is 364 g/mol. The molecular formula is C15H14BBrFN3O2. The molecule has 0 saturated carbocycles. The van der Waals surface area contributed by atoms with Crippen molar-refractivity contribution in [1.29, 1.82) is 5.26 Å². The number of rotatable bonds is 1. The Labute approximate surface area is 142 Å². The van der Waals surface area contributed by atoms with Crippen molar-refractivity contribution in [3.05, 3.63) is 34.1 Å². The summed E-state index contributed by atoms with van der Waals surface area (Å²) >= 11 is 3.35. The molecule has 2 atom stereocenters. The van der Waals surface area contributed by atoms with Crippen molar-refractivity contribution in [3.63, 3.8) is 0 Å². The van der Waals surface area contributed by atoms with Gasteiger partial charge in [0, 0.05) is 0 Å². The van der Waals surface area contributed by atoms with Crippen LogP contribution in [0, 0.1) is 23.0 Å². The quantitative estimate of drug-likeness (QED) is 0.746. The van der Waals surface area contributed by atoms with Crippen LogP contribution < -0.4 is 5.32 Å². The first-order valence-corrected chi connectivity index (χ1v) is 7.98. The second-order valence-electron chi connectivity index (χ2n) is 5.67. The van der Waals surface area contributed by atoms with Crippen LogP contribution in [0.3, 0.4) is 0 Å². The maximum atomic E-state index is 14.5. The first-order chi connectivity index (χ1) is 11.0. The van der Waals surface area contributed by atoms with Crippen LogP contribution in [0.2, 0.25) is 0 Å². The first kappa shape index (κ1) is 16.2. The van der Waals surface area contributed by atoms with Gasteiger partial charge < -0.3 is 0 Å². The van der Waals surface area contributed by atoms with Gasteiger partial charge in [-0.15, -0.1) is 0 Å². The third-order valence-electron chi connectivity index (χ3n) is 4.43. The van der Waals surface area contributed by atoms with Gasteiger partial charge in [-0.2, -0.15) is 0 Å². The molecule has 1 aromatic carbocycles. The van der Waals surface area contributed by atoms with Crippen molar-refractivity contribution in [2.45, 2.75) is 12.0 Å². The second-order valence-corrected chi connectivity index (χ2v) is 6.59. The van der Waals surface area contributed by atoms with Crippen LogP contribution in [0.1, 0.15) is 12.0 Å². The van der Waals surface area contributed by atoms with Gasteiger partial charge in [-0.05, 0) is 0 Å². The van der Waals surface area contributed by atoms with Gasteiger partial charge in [0.15, 0.2) is 0 Å². The molecule has 2 unspecified atom stereocenters. The van der Waals surface area contributed by atoms with Crippen LogP contribution in [0.5, 0.6) is 0 Å². The number of benzene rings is 1. The van der Waals surface area contributed by atoms with E-state index in [0.717, 1.165) is 0 Å². The Morgan fingerprint density at radius 3 is 3.13 bits per heavy atom. The standard InChI is InChI=1S/C15H14BBrFN3O2/c1-21-13(22)10-4-5-23-7-15(10,20-14(21)16-8-19)11-6-9(17)2-3-12(11)18/h2-3,6,10,20H,4-5,7H2,1H3. The van der Waals surface area contributed by atoms with Gasteiger partial charge in [-0.1, -0.05) is 0 Å². The van der Waals surface area contributed by atoms with Crippen molar-refractivity contribution in [3.8, 4) is 5.97 Å². The van der Waals surface area contributed by atoms with E-state index in [1.54, 1.807) is 19.2 Å². The third-order valence-corrected chi connectivity index (χ3v) is 4.92. The molecule has 2 aliphatic heterocycles. The van der Waals surface area contributed by atoms with Crippen LogP contribution in [0.4, 0.5) is 4.39 Å². The van der Waals surface area contributed by atoms with Crippen LogP contribution in [0.15, 0.2) is 22.7 Å². The number of halogens is 2. The third kappa shape index (κ3) is 2.58. The van der Waals surface area contributed by atoms with E-state index in [1.807, 2.05) is 5.97 Å². The summed E-state index contributed by atoms with van der Waals surface area (Å²) in [6.45, 7) is 1.86. The Morgan fingerprint density at radius 1 is 1.61 bits per heavy atom. The fourth-order valence-electron chi connectivity index (χ4n) is 3.27. The minimum atomic E-state index is -1.02. The molecule has 0 aliphatic carbocycles. The van der Waals surface area contributed by atoms with Crippen LogP contribution in [0.25, 0.3) is 0 Å². The summed E-state index contributed by atoms with van der Waals surface area (Å²) in [5.41, 5.74) is -0.307. The van der Waals surface area contributed by atoms with E-state index in [0.29, 0.717) is 28.8 Å². The Morgan fingerprint density at radius 2 is 2.39 bits per heavy atom. The molecule has 2 aliphatic rings. The predicted octanol–water partition coefficient (Wildman–Crippen LogP) is 1.15. The molecule has 2 saturated heterocycles. The van der Waals surface area contributed by atoms with Crippen LogP contribution in [-0.4, -0.2) is 43.7 Å². The molecule has 23 heavy (non-hydrogen) atoms. The molecule has 118 valence electrons. The SMILES string of the molecule is CN1C(=O)C2CCOCC2(c2cc(Br)ccc2F)NC1=BC#N. The van der Waals surface area contributed by atoms with E-state index in [1.165, 1.54) is 17.9 Å². The number of nitrogens with one attached hydrogen (secondary N) is 1. The number of hydrogen-bond acceptors (Lipinski definition) is 4. The van der Waals surface area contributed by atoms with Gasteiger partial charge in [0.05, 0.1) is 0 Å². The number of nitriles is 1. The average Bonchev–Trinajstić information content (AvgIpc) is 2.55. The number of carbonyl (C=O) groups is 1. The molecule has 1 amide bonds. The second kappa shape index (κ2) is 6.06. The zero-order chi connectivity index (χ0) is 16.6. The molecule has 0 bridgehead atoms. The minimum absolute atomic E-state index is 0.145. The van der Waals surface area contributed by atoms with E-state index in [-0.39, 0.29) is 12.5 Å².